The molecule has 0 bridgehead atoms. The number of nitrogens with zero attached hydrogens (tertiary/aromatic N) is 5. The topological polar surface area (TPSA) is 96.1 Å². The van der Waals surface area contributed by atoms with Gasteiger partial charge >= 0.3 is 5.69 Å². The number of aromatic nitrogens is 4. The quantitative estimate of drug-likeness (QED) is 0.710. The van der Waals surface area contributed by atoms with E-state index in [4.69, 9.17) is 5.73 Å². The zero-order chi connectivity index (χ0) is 16.7. The first-order chi connectivity index (χ1) is 11.6. The van der Waals surface area contributed by atoms with Crippen LogP contribution < -0.4 is 16.3 Å². The summed E-state index contributed by atoms with van der Waals surface area (Å²) in [4.78, 5) is 28.3. The van der Waals surface area contributed by atoms with Crippen LogP contribution in [0.15, 0.2) is 35.1 Å². The van der Waals surface area contributed by atoms with Crippen molar-refractivity contribution in [2.75, 3.05) is 43.9 Å². The first-order valence-corrected chi connectivity index (χ1v) is 7.90. The van der Waals surface area contributed by atoms with Crippen LogP contribution in [0.4, 0.5) is 11.8 Å². The number of piperazine rings is 1. The van der Waals surface area contributed by atoms with E-state index in [-0.39, 0.29) is 11.6 Å². The molecule has 0 amide bonds. The van der Waals surface area contributed by atoms with Crippen LogP contribution in [0.1, 0.15) is 0 Å². The summed E-state index contributed by atoms with van der Waals surface area (Å²) in [5, 5.41) is 0. The minimum absolute atomic E-state index is 0.165. The number of benzene rings is 1. The molecule has 0 aliphatic carbocycles. The van der Waals surface area contributed by atoms with Gasteiger partial charge in [0.1, 0.15) is 11.6 Å². The number of hydrogen-bond donors (Lipinski definition) is 2. The molecule has 0 unspecified atom stereocenters. The molecule has 0 radical (unpaired) electrons. The molecule has 0 saturated carbocycles. The number of rotatable bonds is 2. The van der Waals surface area contributed by atoms with Crippen LogP contribution in [0.2, 0.25) is 0 Å². The number of H-pyrrole nitrogens is 1. The lowest BCUT2D eigenvalue weighted by molar-refractivity contribution is 0.312. The first kappa shape index (κ1) is 14.7. The largest absolute Gasteiger partial charge is 0.368 e. The van der Waals surface area contributed by atoms with Crippen molar-refractivity contribution in [3.8, 4) is 5.82 Å². The Labute approximate surface area is 138 Å². The summed E-state index contributed by atoms with van der Waals surface area (Å²) in [6, 6.07) is 9.33. The van der Waals surface area contributed by atoms with E-state index in [1.165, 1.54) is 4.57 Å². The van der Waals surface area contributed by atoms with Gasteiger partial charge in [-0.2, -0.15) is 9.97 Å². The van der Waals surface area contributed by atoms with Gasteiger partial charge in [-0.05, 0) is 19.2 Å². The highest BCUT2D eigenvalue weighted by atomic mass is 16.1. The minimum atomic E-state index is -0.237. The summed E-state index contributed by atoms with van der Waals surface area (Å²) in [6.07, 6.45) is 0. The number of likely N-dealkylation sites (N-methyl/N-ethyl adjacent to an activating group) is 1. The highest BCUT2D eigenvalue weighted by Gasteiger charge is 2.18. The molecular formula is C16H19N7O. The molecule has 1 aliphatic heterocycles. The van der Waals surface area contributed by atoms with Crippen molar-refractivity contribution in [1.29, 1.82) is 0 Å². The van der Waals surface area contributed by atoms with Gasteiger partial charge in [0.2, 0.25) is 5.95 Å². The van der Waals surface area contributed by atoms with Gasteiger partial charge in [0.25, 0.3) is 0 Å². The Bertz CT molecular complexity index is 937. The minimum Gasteiger partial charge on any atom is -0.368 e. The van der Waals surface area contributed by atoms with Crippen LogP contribution in [0.5, 0.6) is 0 Å². The number of nitrogens with two attached hydrogens (primary N) is 1. The van der Waals surface area contributed by atoms with Crippen LogP contribution in [0.3, 0.4) is 0 Å². The number of hydrogen-bond acceptors (Lipinski definition) is 6. The predicted molar refractivity (Wildman–Crippen MR) is 93.6 cm³/mol. The van der Waals surface area contributed by atoms with Crippen LogP contribution in [0, 0.1) is 0 Å². The SMILES string of the molecule is CN1CCN(c2cc(-n3c(=O)[nH]c4ccccc43)nc(N)n2)CC1. The Morgan fingerprint density at radius 1 is 1.08 bits per heavy atom. The Morgan fingerprint density at radius 2 is 1.79 bits per heavy atom. The van der Waals surface area contributed by atoms with Crippen molar-refractivity contribution in [3.05, 3.63) is 40.8 Å². The van der Waals surface area contributed by atoms with Crippen LogP contribution in [0.25, 0.3) is 16.9 Å². The Hall–Kier alpha value is -2.87. The van der Waals surface area contributed by atoms with Gasteiger partial charge in [0.15, 0.2) is 0 Å². The number of anilines is 2. The van der Waals surface area contributed by atoms with Crippen molar-refractivity contribution in [2.45, 2.75) is 0 Å². The standard InChI is InChI=1S/C16H19N7O/c1-21-6-8-22(9-7-21)13-10-14(20-15(17)19-13)23-12-5-3-2-4-11(12)18-16(23)24/h2-5,10H,6-9H2,1H3,(H,18,24)(H2,17,19,20). The smallest absolute Gasteiger partial charge is 0.332 e. The molecule has 1 fully saturated rings. The van der Waals surface area contributed by atoms with E-state index in [0.29, 0.717) is 5.82 Å². The van der Waals surface area contributed by atoms with Gasteiger partial charge in [0.05, 0.1) is 11.0 Å². The maximum absolute atomic E-state index is 12.4. The molecule has 24 heavy (non-hydrogen) atoms. The van der Waals surface area contributed by atoms with Gasteiger partial charge in [-0.25, -0.2) is 9.36 Å². The molecule has 0 atom stereocenters. The normalized spacial score (nSPS) is 16.0. The zero-order valence-electron chi connectivity index (χ0n) is 13.4. The highest BCUT2D eigenvalue weighted by molar-refractivity contribution is 5.77. The number of aromatic amines is 1. The number of imidazole rings is 1. The third-order valence-electron chi connectivity index (χ3n) is 4.36. The van der Waals surface area contributed by atoms with Crippen molar-refractivity contribution in [2.24, 2.45) is 0 Å². The second kappa shape index (κ2) is 5.64. The Balaban J connectivity index is 1.81. The molecule has 2 aromatic heterocycles. The fourth-order valence-electron chi connectivity index (χ4n) is 3.03. The van der Waals surface area contributed by atoms with Gasteiger partial charge in [-0.3, -0.25) is 0 Å². The van der Waals surface area contributed by atoms with E-state index in [2.05, 4.69) is 31.8 Å². The second-order valence-electron chi connectivity index (χ2n) is 6.02. The van der Waals surface area contributed by atoms with Crippen molar-refractivity contribution < 1.29 is 0 Å². The molecule has 0 spiro atoms. The third-order valence-corrected chi connectivity index (χ3v) is 4.36. The summed E-state index contributed by atoms with van der Waals surface area (Å²) < 4.78 is 1.53. The molecule has 3 heterocycles. The number of nitrogen functional groups attached to an aromatic ring is 1. The summed E-state index contributed by atoms with van der Waals surface area (Å²) >= 11 is 0. The molecule has 124 valence electrons. The highest BCUT2D eigenvalue weighted by Crippen LogP contribution is 2.20. The van der Waals surface area contributed by atoms with Crippen LogP contribution in [-0.4, -0.2) is 57.6 Å². The summed E-state index contributed by atoms with van der Waals surface area (Å²) in [5.41, 5.74) is 7.20. The Morgan fingerprint density at radius 3 is 2.58 bits per heavy atom. The van der Waals surface area contributed by atoms with Crippen molar-refractivity contribution in [1.82, 2.24) is 24.4 Å². The average Bonchev–Trinajstić information content (AvgIpc) is 2.90. The number of nitrogens with one attached hydrogen (secondary N) is 1. The zero-order valence-corrected chi connectivity index (χ0v) is 13.4. The van der Waals surface area contributed by atoms with E-state index in [1.54, 1.807) is 0 Å². The van der Waals surface area contributed by atoms with E-state index in [0.717, 1.165) is 43.0 Å². The van der Waals surface area contributed by atoms with Gasteiger partial charge < -0.3 is 20.5 Å². The average molecular weight is 325 g/mol. The molecule has 3 aromatic rings. The lowest BCUT2D eigenvalue weighted by Gasteiger charge is -2.33. The molecule has 8 nitrogen and oxygen atoms in total. The second-order valence-corrected chi connectivity index (χ2v) is 6.02. The molecule has 1 aromatic carbocycles. The lowest BCUT2D eigenvalue weighted by Crippen LogP contribution is -2.45. The number of para-hydroxylation sites is 2. The lowest BCUT2D eigenvalue weighted by atomic mass is 10.3. The van der Waals surface area contributed by atoms with Crippen molar-refractivity contribution >= 4 is 22.8 Å². The number of fused-ring (bicyclic) bond motifs is 1. The van der Waals surface area contributed by atoms with Gasteiger partial charge in [-0.15, -0.1) is 0 Å². The van der Waals surface area contributed by atoms with Crippen molar-refractivity contribution in [3.63, 3.8) is 0 Å². The Kier molecular flexibility index (Phi) is 3.46. The van der Waals surface area contributed by atoms with Crippen LogP contribution in [-0.2, 0) is 0 Å². The molecule has 3 N–H and O–H groups in total. The van der Waals surface area contributed by atoms with E-state index in [9.17, 15) is 4.79 Å². The maximum Gasteiger partial charge on any atom is 0.332 e. The summed E-state index contributed by atoms with van der Waals surface area (Å²) in [6.45, 7) is 3.67. The van der Waals surface area contributed by atoms with Crippen LogP contribution >= 0.6 is 0 Å². The molecule has 4 rings (SSSR count). The molecule has 1 saturated heterocycles. The fourth-order valence-corrected chi connectivity index (χ4v) is 3.03. The van der Waals surface area contributed by atoms with Gasteiger partial charge in [-0.1, -0.05) is 12.1 Å². The fraction of sp³-hybridized carbons (Fsp3) is 0.312. The van der Waals surface area contributed by atoms with E-state index < -0.39 is 0 Å². The molecular weight excluding hydrogens is 306 g/mol. The van der Waals surface area contributed by atoms with Gasteiger partial charge in [0, 0.05) is 32.2 Å². The summed E-state index contributed by atoms with van der Waals surface area (Å²) in [5.74, 6) is 1.40. The molecule has 8 heteroatoms. The molecule has 1 aliphatic rings. The monoisotopic (exact) mass is 325 g/mol. The predicted octanol–water partition coefficient (Wildman–Crippen LogP) is 0.443. The first-order valence-electron chi connectivity index (χ1n) is 7.90. The van der Waals surface area contributed by atoms with E-state index >= 15 is 0 Å². The maximum atomic E-state index is 12.4. The summed E-state index contributed by atoms with van der Waals surface area (Å²) in [7, 11) is 2.10. The van der Waals surface area contributed by atoms with E-state index in [1.807, 2.05) is 30.3 Å². The third kappa shape index (κ3) is 2.50.